The molecule has 2 heterocycles. The number of anilines is 1. The third kappa shape index (κ3) is 3.32. The van der Waals surface area contributed by atoms with E-state index in [2.05, 4.69) is 10.4 Å². The van der Waals surface area contributed by atoms with Crippen molar-refractivity contribution in [1.29, 1.82) is 0 Å². The zero-order chi connectivity index (χ0) is 14.7. The minimum atomic E-state index is -0.181. The van der Waals surface area contributed by atoms with Gasteiger partial charge < -0.3 is 5.32 Å². The lowest BCUT2D eigenvalue weighted by Crippen LogP contribution is -2.15. The summed E-state index contributed by atoms with van der Waals surface area (Å²) in [6.45, 7) is 0.640. The number of carbonyl (C=O) groups is 1. The van der Waals surface area contributed by atoms with Gasteiger partial charge in [-0.15, -0.1) is 11.3 Å². The Labute approximate surface area is 131 Å². The Hall–Kier alpha value is -2.11. The molecule has 3 aromatic rings. The van der Waals surface area contributed by atoms with Crippen LogP contribution < -0.4 is 5.32 Å². The molecule has 0 radical (unpaired) electrons. The van der Waals surface area contributed by atoms with Gasteiger partial charge in [-0.05, 0) is 35.7 Å². The standard InChI is InChI=1S/C15H12ClN3OS/c16-12-5-3-11(4-6-12)15(20)18-14-7-8-17-19(14)10-13-2-1-9-21-13/h1-9H,10H2,(H,18,20). The fourth-order valence-corrected chi connectivity index (χ4v) is 2.72. The molecule has 2 aromatic heterocycles. The second-order valence-corrected chi connectivity index (χ2v) is 5.88. The molecule has 0 saturated heterocycles. The van der Waals surface area contributed by atoms with E-state index in [1.807, 2.05) is 17.5 Å². The molecule has 21 heavy (non-hydrogen) atoms. The van der Waals surface area contributed by atoms with Gasteiger partial charge in [0.1, 0.15) is 5.82 Å². The molecule has 0 bridgehead atoms. The number of amides is 1. The van der Waals surface area contributed by atoms with Crippen molar-refractivity contribution < 1.29 is 4.79 Å². The maximum atomic E-state index is 12.2. The SMILES string of the molecule is O=C(Nc1ccnn1Cc1cccs1)c1ccc(Cl)cc1. The lowest BCUT2D eigenvalue weighted by molar-refractivity contribution is 0.102. The monoisotopic (exact) mass is 317 g/mol. The van der Waals surface area contributed by atoms with Crippen LogP contribution in [0, 0.1) is 0 Å². The predicted molar refractivity (Wildman–Crippen MR) is 85.1 cm³/mol. The summed E-state index contributed by atoms with van der Waals surface area (Å²) in [4.78, 5) is 13.4. The minimum Gasteiger partial charge on any atom is -0.307 e. The molecule has 1 N–H and O–H groups in total. The van der Waals surface area contributed by atoms with Crippen LogP contribution in [0.2, 0.25) is 5.02 Å². The van der Waals surface area contributed by atoms with Gasteiger partial charge in [0.15, 0.2) is 0 Å². The minimum absolute atomic E-state index is 0.181. The van der Waals surface area contributed by atoms with Crippen LogP contribution in [-0.2, 0) is 6.54 Å². The molecule has 0 aliphatic rings. The van der Waals surface area contributed by atoms with Crippen LogP contribution in [0.4, 0.5) is 5.82 Å². The average Bonchev–Trinajstić information content (AvgIpc) is 3.13. The normalized spacial score (nSPS) is 10.5. The zero-order valence-corrected chi connectivity index (χ0v) is 12.6. The van der Waals surface area contributed by atoms with E-state index in [1.165, 1.54) is 4.88 Å². The Morgan fingerprint density at radius 3 is 2.76 bits per heavy atom. The molecule has 0 aliphatic heterocycles. The summed E-state index contributed by atoms with van der Waals surface area (Å²) in [6, 6.07) is 12.6. The molecule has 0 aliphatic carbocycles. The van der Waals surface area contributed by atoms with Crippen molar-refractivity contribution in [3.8, 4) is 0 Å². The summed E-state index contributed by atoms with van der Waals surface area (Å²) in [7, 11) is 0. The van der Waals surface area contributed by atoms with E-state index in [9.17, 15) is 4.79 Å². The first-order valence-electron chi connectivity index (χ1n) is 6.33. The highest BCUT2D eigenvalue weighted by molar-refractivity contribution is 7.09. The average molecular weight is 318 g/mol. The van der Waals surface area contributed by atoms with Gasteiger partial charge in [0.25, 0.3) is 5.91 Å². The largest absolute Gasteiger partial charge is 0.307 e. The number of hydrogen-bond acceptors (Lipinski definition) is 3. The van der Waals surface area contributed by atoms with Gasteiger partial charge in [0.2, 0.25) is 0 Å². The Morgan fingerprint density at radius 2 is 2.05 bits per heavy atom. The number of rotatable bonds is 4. The Bertz CT molecular complexity index is 735. The van der Waals surface area contributed by atoms with Crippen LogP contribution in [0.15, 0.2) is 54.0 Å². The fourth-order valence-electron chi connectivity index (χ4n) is 1.90. The van der Waals surface area contributed by atoms with Crippen molar-refractivity contribution in [2.24, 2.45) is 0 Å². The number of carbonyl (C=O) groups excluding carboxylic acids is 1. The predicted octanol–water partition coefficient (Wildman–Crippen LogP) is 3.90. The van der Waals surface area contributed by atoms with Crippen LogP contribution in [0.1, 0.15) is 15.2 Å². The van der Waals surface area contributed by atoms with Crippen molar-refractivity contribution in [3.05, 3.63) is 69.5 Å². The second-order valence-electron chi connectivity index (χ2n) is 4.41. The van der Waals surface area contributed by atoms with Crippen LogP contribution in [0.25, 0.3) is 0 Å². The third-order valence-electron chi connectivity index (χ3n) is 2.95. The molecule has 1 amide bonds. The van der Waals surface area contributed by atoms with Crippen molar-refractivity contribution in [2.75, 3.05) is 5.32 Å². The third-order valence-corrected chi connectivity index (χ3v) is 4.06. The Morgan fingerprint density at radius 1 is 1.24 bits per heavy atom. The molecule has 0 unspecified atom stereocenters. The van der Waals surface area contributed by atoms with E-state index < -0.39 is 0 Å². The van der Waals surface area contributed by atoms with E-state index in [4.69, 9.17) is 11.6 Å². The first-order valence-corrected chi connectivity index (χ1v) is 7.59. The number of benzene rings is 1. The zero-order valence-electron chi connectivity index (χ0n) is 11.0. The van der Waals surface area contributed by atoms with Gasteiger partial charge in [-0.25, -0.2) is 4.68 Å². The lowest BCUT2D eigenvalue weighted by Gasteiger charge is -2.08. The van der Waals surface area contributed by atoms with E-state index in [-0.39, 0.29) is 5.91 Å². The molecular weight excluding hydrogens is 306 g/mol. The topological polar surface area (TPSA) is 46.9 Å². The van der Waals surface area contributed by atoms with Gasteiger partial charge in [0.05, 0.1) is 12.7 Å². The summed E-state index contributed by atoms with van der Waals surface area (Å²) in [5, 5.41) is 9.73. The molecule has 0 saturated carbocycles. The molecular formula is C15H12ClN3OS. The highest BCUT2D eigenvalue weighted by atomic mass is 35.5. The van der Waals surface area contributed by atoms with E-state index >= 15 is 0 Å². The lowest BCUT2D eigenvalue weighted by atomic mass is 10.2. The second kappa shape index (κ2) is 6.11. The molecule has 4 nitrogen and oxygen atoms in total. The van der Waals surface area contributed by atoms with Crippen LogP contribution in [0.5, 0.6) is 0 Å². The number of hydrogen-bond donors (Lipinski definition) is 1. The van der Waals surface area contributed by atoms with Gasteiger partial charge in [-0.2, -0.15) is 5.10 Å². The van der Waals surface area contributed by atoms with Gasteiger partial charge in [-0.1, -0.05) is 17.7 Å². The molecule has 0 atom stereocenters. The first-order chi connectivity index (χ1) is 10.2. The number of aromatic nitrogens is 2. The summed E-state index contributed by atoms with van der Waals surface area (Å²) in [5.74, 6) is 0.489. The van der Waals surface area contributed by atoms with Crippen molar-refractivity contribution in [1.82, 2.24) is 9.78 Å². The highest BCUT2D eigenvalue weighted by Crippen LogP contribution is 2.16. The molecule has 3 rings (SSSR count). The highest BCUT2D eigenvalue weighted by Gasteiger charge is 2.10. The Balaban J connectivity index is 1.74. The Kier molecular flexibility index (Phi) is 4.03. The van der Waals surface area contributed by atoms with Crippen LogP contribution in [-0.4, -0.2) is 15.7 Å². The molecule has 0 spiro atoms. The maximum absolute atomic E-state index is 12.2. The van der Waals surface area contributed by atoms with E-state index in [0.717, 1.165) is 0 Å². The van der Waals surface area contributed by atoms with Crippen LogP contribution in [0.3, 0.4) is 0 Å². The smallest absolute Gasteiger partial charge is 0.256 e. The quantitative estimate of drug-likeness (QED) is 0.793. The van der Waals surface area contributed by atoms with E-state index in [0.29, 0.717) is 22.9 Å². The molecule has 1 aromatic carbocycles. The first kappa shape index (κ1) is 13.9. The molecule has 0 fully saturated rings. The number of halogens is 1. The van der Waals surface area contributed by atoms with Crippen molar-refractivity contribution >= 4 is 34.7 Å². The summed E-state index contributed by atoms with van der Waals surface area (Å²) >= 11 is 7.48. The van der Waals surface area contributed by atoms with Crippen molar-refractivity contribution in [3.63, 3.8) is 0 Å². The van der Waals surface area contributed by atoms with Gasteiger partial charge in [0, 0.05) is 21.5 Å². The number of thiophene rings is 1. The summed E-state index contributed by atoms with van der Waals surface area (Å²) < 4.78 is 1.76. The number of nitrogens with zero attached hydrogens (tertiary/aromatic N) is 2. The summed E-state index contributed by atoms with van der Waals surface area (Å²) in [6.07, 6.45) is 1.67. The van der Waals surface area contributed by atoms with E-state index in [1.54, 1.807) is 52.5 Å². The van der Waals surface area contributed by atoms with Gasteiger partial charge in [-0.3, -0.25) is 4.79 Å². The molecule has 106 valence electrons. The number of nitrogens with one attached hydrogen (secondary N) is 1. The van der Waals surface area contributed by atoms with Gasteiger partial charge >= 0.3 is 0 Å². The molecule has 6 heteroatoms. The van der Waals surface area contributed by atoms with Crippen molar-refractivity contribution in [2.45, 2.75) is 6.54 Å². The summed E-state index contributed by atoms with van der Waals surface area (Å²) in [5.41, 5.74) is 0.559. The van der Waals surface area contributed by atoms with Crippen LogP contribution >= 0.6 is 22.9 Å². The maximum Gasteiger partial charge on any atom is 0.256 e. The fraction of sp³-hybridized carbons (Fsp3) is 0.0667.